The smallest absolute Gasteiger partial charge is 0.241 e. The van der Waals surface area contributed by atoms with Gasteiger partial charge in [0.15, 0.2) is 0 Å². The Morgan fingerprint density at radius 2 is 1.50 bits per heavy atom. The van der Waals surface area contributed by atoms with E-state index in [2.05, 4.69) is 4.72 Å². The van der Waals surface area contributed by atoms with Crippen LogP contribution in [0.3, 0.4) is 0 Å². The molecule has 0 fully saturated rings. The highest BCUT2D eigenvalue weighted by atomic mass is 32.2. The molecule has 2 aromatic carbocycles. The van der Waals surface area contributed by atoms with Crippen molar-refractivity contribution in [2.24, 2.45) is 0 Å². The van der Waals surface area contributed by atoms with Crippen molar-refractivity contribution in [1.82, 2.24) is 4.72 Å². The zero-order chi connectivity index (χ0) is 19.6. The Morgan fingerprint density at radius 1 is 0.923 bits per heavy atom. The monoisotopic (exact) mass is 377 g/mol. The lowest BCUT2D eigenvalue weighted by molar-refractivity contribution is 0.395. The van der Waals surface area contributed by atoms with Gasteiger partial charge in [-0.25, -0.2) is 13.1 Å². The number of nitrogens with one attached hydrogen (secondary N) is 1. The van der Waals surface area contributed by atoms with Gasteiger partial charge in [-0.1, -0.05) is 6.07 Å². The Morgan fingerprint density at radius 3 is 2.00 bits per heavy atom. The molecule has 0 amide bonds. The summed E-state index contributed by atoms with van der Waals surface area (Å²) in [4.78, 5) is 0.351. The lowest BCUT2D eigenvalue weighted by Crippen LogP contribution is -2.29. The number of sulfonamides is 1. The van der Waals surface area contributed by atoms with E-state index >= 15 is 0 Å². The molecule has 5 nitrogen and oxygen atoms in total. The Balaban J connectivity index is 2.48. The second-order valence-corrected chi connectivity index (χ2v) is 8.19. The van der Waals surface area contributed by atoms with Crippen LogP contribution in [0.5, 0.6) is 11.5 Å². The van der Waals surface area contributed by atoms with E-state index in [1.807, 2.05) is 33.8 Å². The third kappa shape index (κ3) is 3.86. The van der Waals surface area contributed by atoms with Crippen LogP contribution < -0.4 is 14.2 Å². The summed E-state index contributed by atoms with van der Waals surface area (Å²) in [5, 5.41) is 0. The maximum Gasteiger partial charge on any atom is 0.241 e. The van der Waals surface area contributed by atoms with Gasteiger partial charge in [0, 0.05) is 11.6 Å². The molecule has 0 saturated carbocycles. The third-order valence-electron chi connectivity index (χ3n) is 4.80. The molecule has 0 aliphatic carbocycles. The molecule has 2 rings (SSSR count). The van der Waals surface area contributed by atoms with Crippen LogP contribution in [-0.2, 0) is 10.0 Å². The number of rotatable bonds is 6. The van der Waals surface area contributed by atoms with E-state index in [0.717, 1.165) is 27.8 Å². The van der Waals surface area contributed by atoms with Gasteiger partial charge in [0.05, 0.1) is 19.1 Å². The zero-order valence-electron chi connectivity index (χ0n) is 16.4. The van der Waals surface area contributed by atoms with E-state index in [-0.39, 0.29) is 0 Å². The SMILES string of the molecule is COc1ccc(OC)c(C(C)NS(=O)(=O)c2c(C)c(C)cc(C)c2C)c1. The second-order valence-electron chi connectivity index (χ2n) is 6.54. The van der Waals surface area contributed by atoms with Gasteiger partial charge in [0.25, 0.3) is 0 Å². The maximum absolute atomic E-state index is 13.1. The van der Waals surface area contributed by atoms with Crippen LogP contribution in [0.15, 0.2) is 29.2 Å². The fourth-order valence-electron chi connectivity index (χ4n) is 3.12. The molecule has 1 unspecified atom stereocenters. The van der Waals surface area contributed by atoms with Crippen molar-refractivity contribution < 1.29 is 17.9 Å². The predicted molar refractivity (Wildman–Crippen MR) is 104 cm³/mol. The maximum atomic E-state index is 13.1. The molecule has 0 saturated heterocycles. The average molecular weight is 378 g/mol. The fraction of sp³-hybridized carbons (Fsp3) is 0.400. The molecule has 0 aliphatic heterocycles. The standard InChI is InChI=1S/C20H27NO4S/c1-12-10-13(2)15(4)20(14(12)3)26(22,23)21-16(5)18-11-17(24-6)8-9-19(18)25-7/h8-11,16,21H,1-7H3. The van der Waals surface area contributed by atoms with E-state index in [4.69, 9.17) is 9.47 Å². The normalized spacial score (nSPS) is 12.7. The minimum atomic E-state index is -3.70. The molecule has 0 heterocycles. The molecule has 2 aromatic rings. The summed E-state index contributed by atoms with van der Waals surface area (Å²) < 4.78 is 39.7. The van der Waals surface area contributed by atoms with Crippen molar-refractivity contribution in [3.8, 4) is 11.5 Å². The van der Waals surface area contributed by atoms with Crippen LogP contribution >= 0.6 is 0 Å². The Bertz CT molecular complexity index is 894. The molecule has 0 radical (unpaired) electrons. The lowest BCUT2D eigenvalue weighted by Gasteiger charge is -2.21. The molecular weight excluding hydrogens is 350 g/mol. The van der Waals surface area contributed by atoms with Gasteiger partial charge in [-0.3, -0.25) is 0 Å². The van der Waals surface area contributed by atoms with Crippen LogP contribution in [0.25, 0.3) is 0 Å². The van der Waals surface area contributed by atoms with Gasteiger partial charge < -0.3 is 9.47 Å². The zero-order valence-corrected chi connectivity index (χ0v) is 17.2. The predicted octanol–water partition coefficient (Wildman–Crippen LogP) is 3.98. The molecular formula is C20H27NO4S. The molecule has 26 heavy (non-hydrogen) atoms. The van der Waals surface area contributed by atoms with E-state index in [9.17, 15) is 8.42 Å². The van der Waals surface area contributed by atoms with Crippen LogP contribution in [0, 0.1) is 27.7 Å². The number of aryl methyl sites for hydroxylation is 2. The fourth-order valence-corrected chi connectivity index (χ4v) is 4.96. The topological polar surface area (TPSA) is 64.6 Å². The summed E-state index contributed by atoms with van der Waals surface area (Å²) in [6, 6.07) is 6.86. The van der Waals surface area contributed by atoms with Gasteiger partial charge in [-0.05, 0) is 75.1 Å². The van der Waals surface area contributed by atoms with Gasteiger partial charge in [0.2, 0.25) is 10.0 Å². The van der Waals surface area contributed by atoms with E-state index in [1.54, 1.807) is 39.3 Å². The van der Waals surface area contributed by atoms with E-state index in [1.165, 1.54) is 0 Å². The quantitative estimate of drug-likeness (QED) is 0.827. The summed E-state index contributed by atoms with van der Waals surface area (Å²) in [6.07, 6.45) is 0. The third-order valence-corrected chi connectivity index (χ3v) is 6.61. The van der Waals surface area contributed by atoms with Crippen molar-refractivity contribution in [1.29, 1.82) is 0 Å². The number of hydrogen-bond donors (Lipinski definition) is 1. The Kier molecular flexibility index (Phi) is 5.98. The highest BCUT2D eigenvalue weighted by Crippen LogP contribution is 2.32. The molecule has 142 valence electrons. The molecule has 6 heteroatoms. The Labute approximate surface area is 156 Å². The van der Waals surface area contributed by atoms with Crippen molar-refractivity contribution >= 4 is 10.0 Å². The average Bonchev–Trinajstić information content (AvgIpc) is 2.58. The molecule has 1 N–H and O–H groups in total. The summed E-state index contributed by atoms with van der Waals surface area (Å²) >= 11 is 0. The highest BCUT2D eigenvalue weighted by Gasteiger charge is 2.25. The first-order valence-corrected chi connectivity index (χ1v) is 9.92. The summed E-state index contributed by atoms with van der Waals surface area (Å²) in [6.45, 7) is 9.33. The first kappa shape index (κ1) is 20.3. The minimum Gasteiger partial charge on any atom is -0.497 e. The number of methoxy groups -OCH3 is 2. The summed E-state index contributed by atoms with van der Waals surface area (Å²) in [7, 11) is -0.573. The minimum absolute atomic E-state index is 0.351. The molecule has 1 atom stereocenters. The number of hydrogen-bond acceptors (Lipinski definition) is 4. The highest BCUT2D eigenvalue weighted by molar-refractivity contribution is 7.89. The molecule has 0 bridgehead atoms. The first-order valence-electron chi connectivity index (χ1n) is 8.44. The Hall–Kier alpha value is -2.05. The van der Waals surface area contributed by atoms with Crippen molar-refractivity contribution in [2.75, 3.05) is 14.2 Å². The van der Waals surface area contributed by atoms with Crippen molar-refractivity contribution in [3.63, 3.8) is 0 Å². The van der Waals surface area contributed by atoms with Gasteiger partial charge in [-0.15, -0.1) is 0 Å². The van der Waals surface area contributed by atoms with Crippen molar-refractivity contribution in [2.45, 2.75) is 45.6 Å². The second kappa shape index (κ2) is 7.68. The van der Waals surface area contributed by atoms with Gasteiger partial charge in [0.1, 0.15) is 11.5 Å². The van der Waals surface area contributed by atoms with Crippen molar-refractivity contribution in [3.05, 3.63) is 52.1 Å². The first-order chi connectivity index (χ1) is 12.1. The van der Waals surface area contributed by atoms with Crippen LogP contribution in [-0.4, -0.2) is 22.6 Å². The van der Waals surface area contributed by atoms with Gasteiger partial charge in [-0.2, -0.15) is 0 Å². The molecule has 0 aromatic heterocycles. The summed E-state index contributed by atoms with van der Waals surface area (Å²) in [5.41, 5.74) is 4.17. The number of benzene rings is 2. The van der Waals surface area contributed by atoms with Crippen LogP contribution in [0.1, 0.15) is 40.8 Å². The van der Waals surface area contributed by atoms with E-state index < -0.39 is 16.1 Å². The molecule has 0 aliphatic rings. The largest absolute Gasteiger partial charge is 0.497 e. The number of ether oxygens (including phenoxy) is 2. The van der Waals surface area contributed by atoms with Crippen LogP contribution in [0.4, 0.5) is 0 Å². The molecule has 0 spiro atoms. The summed E-state index contributed by atoms with van der Waals surface area (Å²) in [5.74, 6) is 1.25. The van der Waals surface area contributed by atoms with Gasteiger partial charge >= 0.3 is 0 Å². The van der Waals surface area contributed by atoms with E-state index in [0.29, 0.717) is 16.4 Å². The lowest BCUT2D eigenvalue weighted by atomic mass is 10.0. The van der Waals surface area contributed by atoms with Crippen LogP contribution in [0.2, 0.25) is 0 Å².